The average Bonchev–Trinajstić information content (AvgIpc) is 3.01. The van der Waals surface area contributed by atoms with Gasteiger partial charge in [-0.2, -0.15) is 0 Å². The lowest BCUT2D eigenvalue weighted by molar-refractivity contribution is 0.559. The standard InChI is InChI=1S/C14H17ClN6/c1-8-5-11-14(16-6-8)21(12(18-11)9(2)15)10(3)13-19-17-7-20(13)4/h5-7,9-10H,1-4H3. The highest BCUT2D eigenvalue weighted by molar-refractivity contribution is 6.20. The summed E-state index contributed by atoms with van der Waals surface area (Å²) in [6.45, 7) is 5.96. The third-order valence-electron chi connectivity index (χ3n) is 3.56. The highest BCUT2D eigenvalue weighted by atomic mass is 35.5. The average molecular weight is 305 g/mol. The lowest BCUT2D eigenvalue weighted by Gasteiger charge is -2.17. The first-order chi connectivity index (χ1) is 9.99. The fourth-order valence-electron chi connectivity index (χ4n) is 2.55. The molecular weight excluding hydrogens is 288 g/mol. The Morgan fingerprint density at radius 1 is 1.24 bits per heavy atom. The quantitative estimate of drug-likeness (QED) is 0.698. The number of pyridine rings is 1. The highest BCUT2D eigenvalue weighted by Gasteiger charge is 2.23. The lowest BCUT2D eigenvalue weighted by Crippen LogP contribution is -2.15. The van der Waals surface area contributed by atoms with Gasteiger partial charge in [-0.1, -0.05) is 0 Å². The van der Waals surface area contributed by atoms with Gasteiger partial charge in [-0.3, -0.25) is 0 Å². The van der Waals surface area contributed by atoms with Gasteiger partial charge < -0.3 is 9.13 Å². The van der Waals surface area contributed by atoms with Crippen LogP contribution in [0.2, 0.25) is 0 Å². The molecule has 110 valence electrons. The van der Waals surface area contributed by atoms with Crippen LogP contribution in [-0.2, 0) is 7.05 Å². The molecule has 2 unspecified atom stereocenters. The van der Waals surface area contributed by atoms with Gasteiger partial charge >= 0.3 is 0 Å². The Morgan fingerprint density at radius 3 is 2.62 bits per heavy atom. The summed E-state index contributed by atoms with van der Waals surface area (Å²) >= 11 is 6.31. The number of aromatic nitrogens is 6. The molecule has 6 nitrogen and oxygen atoms in total. The molecule has 3 aromatic rings. The monoisotopic (exact) mass is 304 g/mol. The molecule has 3 heterocycles. The van der Waals surface area contributed by atoms with Crippen LogP contribution in [0.4, 0.5) is 0 Å². The van der Waals surface area contributed by atoms with Gasteiger partial charge in [-0.15, -0.1) is 21.8 Å². The molecule has 0 aromatic carbocycles. The molecule has 0 saturated carbocycles. The van der Waals surface area contributed by atoms with E-state index in [1.165, 1.54) is 0 Å². The van der Waals surface area contributed by atoms with E-state index >= 15 is 0 Å². The van der Waals surface area contributed by atoms with Crippen molar-refractivity contribution in [3.63, 3.8) is 0 Å². The number of hydrogen-bond donors (Lipinski definition) is 0. The summed E-state index contributed by atoms with van der Waals surface area (Å²) in [6.07, 6.45) is 3.53. The molecule has 0 spiro atoms. The van der Waals surface area contributed by atoms with E-state index < -0.39 is 0 Å². The van der Waals surface area contributed by atoms with Gasteiger partial charge in [0.25, 0.3) is 0 Å². The zero-order valence-corrected chi connectivity index (χ0v) is 13.2. The normalized spacial score (nSPS) is 14.5. The van der Waals surface area contributed by atoms with Gasteiger partial charge in [0.15, 0.2) is 11.5 Å². The van der Waals surface area contributed by atoms with Crippen LogP contribution in [0.25, 0.3) is 11.2 Å². The number of aryl methyl sites for hydroxylation is 2. The summed E-state index contributed by atoms with van der Waals surface area (Å²) in [7, 11) is 1.92. The van der Waals surface area contributed by atoms with Crippen molar-refractivity contribution in [1.82, 2.24) is 29.3 Å². The Bertz CT molecular complexity index is 788. The fraction of sp³-hybridized carbons (Fsp3) is 0.429. The minimum Gasteiger partial charge on any atom is -0.319 e. The predicted molar refractivity (Wildman–Crippen MR) is 81.3 cm³/mol. The molecule has 0 aliphatic carbocycles. The van der Waals surface area contributed by atoms with Crippen molar-refractivity contribution in [1.29, 1.82) is 0 Å². The van der Waals surface area contributed by atoms with Crippen molar-refractivity contribution in [2.75, 3.05) is 0 Å². The molecule has 0 saturated heterocycles. The molecule has 0 aliphatic heterocycles. The summed E-state index contributed by atoms with van der Waals surface area (Å²) in [4.78, 5) is 9.17. The van der Waals surface area contributed by atoms with Crippen LogP contribution in [0.5, 0.6) is 0 Å². The van der Waals surface area contributed by atoms with E-state index in [9.17, 15) is 0 Å². The van der Waals surface area contributed by atoms with E-state index in [1.807, 2.05) is 42.3 Å². The van der Waals surface area contributed by atoms with Gasteiger partial charge in [0, 0.05) is 13.2 Å². The van der Waals surface area contributed by atoms with Crippen LogP contribution in [-0.4, -0.2) is 29.3 Å². The van der Waals surface area contributed by atoms with Crippen molar-refractivity contribution in [2.45, 2.75) is 32.2 Å². The molecule has 0 bridgehead atoms. The third-order valence-corrected chi connectivity index (χ3v) is 3.75. The van der Waals surface area contributed by atoms with Crippen LogP contribution in [0, 0.1) is 6.92 Å². The van der Waals surface area contributed by atoms with E-state index in [1.54, 1.807) is 6.33 Å². The molecule has 0 aliphatic rings. The second-order valence-electron chi connectivity index (χ2n) is 5.29. The van der Waals surface area contributed by atoms with Crippen molar-refractivity contribution >= 4 is 22.8 Å². The third kappa shape index (κ3) is 2.29. The van der Waals surface area contributed by atoms with E-state index in [0.717, 1.165) is 28.4 Å². The number of halogens is 1. The molecular formula is C14H17ClN6. The first-order valence-electron chi connectivity index (χ1n) is 6.81. The maximum atomic E-state index is 6.31. The second kappa shape index (κ2) is 5.11. The predicted octanol–water partition coefficient (Wildman–Crippen LogP) is 2.78. The molecule has 7 heteroatoms. The maximum absolute atomic E-state index is 6.31. The number of rotatable bonds is 3. The number of imidazole rings is 1. The summed E-state index contributed by atoms with van der Waals surface area (Å²) in [5, 5.41) is 7.92. The molecule has 0 amide bonds. The van der Waals surface area contributed by atoms with E-state index in [2.05, 4.69) is 27.1 Å². The van der Waals surface area contributed by atoms with Crippen LogP contribution in [0.1, 0.15) is 42.5 Å². The Hall–Kier alpha value is -1.95. The molecule has 0 N–H and O–H groups in total. The van der Waals surface area contributed by atoms with E-state index in [0.29, 0.717) is 0 Å². The lowest BCUT2D eigenvalue weighted by atomic mass is 10.2. The van der Waals surface area contributed by atoms with Gasteiger partial charge in [0.05, 0.1) is 11.4 Å². The number of alkyl halides is 1. The molecule has 2 atom stereocenters. The largest absolute Gasteiger partial charge is 0.319 e. The summed E-state index contributed by atoms with van der Waals surface area (Å²) in [5.74, 6) is 1.63. The fourth-order valence-corrected chi connectivity index (χ4v) is 2.70. The zero-order valence-electron chi connectivity index (χ0n) is 12.4. The molecule has 21 heavy (non-hydrogen) atoms. The number of hydrogen-bond acceptors (Lipinski definition) is 4. The SMILES string of the molecule is Cc1cnc2c(c1)nc(C(C)Cl)n2C(C)c1nncn1C. The summed E-state index contributed by atoms with van der Waals surface area (Å²) in [6, 6.07) is 1.97. The molecule has 3 rings (SSSR count). The van der Waals surface area contributed by atoms with Crippen LogP contribution >= 0.6 is 11.6 Å². The van der Waals surface area contributed by atoms with Gasteiger partial charge in [0.2, 0.25) is 0 Å². The maximum Gasteiger partial charge on any atom is 0.160 e. The highest BCUT2D eigenvalue weighted by Crippen LogP contribution is 2.29. The molecule has 0 fully saturated rings. The van der Waals surface area contributed by atoms with Crippen molar-refractivity contribution in [2.24, 2.45) is 7.05 Å². The van der Waals surface area contributed by atoms with Crippen molar-refractivity contribution < 1.29 is 0 Å². The van der Waals surface area contributed by atoms with Crippen molar-refractivity contribution in [3.8, 4) is 0 Å². The zero-order chi connectivity index (χ0) is 15.1. The number of fused-ring (bicyclic) bond motifs is 1. The van der Waals surface area contributed by atoms with E-state index in [4.69, 9.17) is 11.6 Å². The Balaban J connectivity index is 2.24. The van der Waals surface area contributed by atoms with Crippen molar-refractivity contribution in [3.05, 3.63) is 35.8 Å². The van der Waals surface area contributed by atoms with E-state index in [-0.39, 0.29) is 11.4 Å². The Kier molecular flexibility index (Phi) is 3.41. The molecule has 0 radical (unpaired) electrons. The van der Waals surface area contributed by atoms with Crippen LogP contribution in [0.3, 0.4) is 0 Å². The molecule has 3 aromatic heterocycles. The summed E-state index contributed by atoms with van der Waals surface area (Å²) in [5.41, 5.74) is 2.75. The Labute approximate surface area is 127 Å². The first-order valence-corrected chi connectivity index (χ1v) is 7.25. The van der Waals surface area contributed by atoms with Gasteiger partial charge in [-0.25, -0.2) is 9.97 Å². The smallest absolute Gasteiger partial charge is 0.160 e. The minimum atomic E-state index is -0.213. The topological polar surface area (TPSA) is 61.4 Å². The first kappa shape index (κ1) is 14.0. The second-order valence-corrected chi connectivity index (χ2v) is 5.94. The van der Waals surface area contributed by atoms with Crippen LogP contribution in [0.15, 0.2) is 18.6 Å². The number of nitrogens with zero attached hydrogens (tertiary/aromatic N) is 6. The minimum absolute atomic E-state index is 0.0473. The van der Waals surface area contributed by atoms with Crippen LogP contribution < -0.4 is 0 Å². The Morgan fingerprint density at radius 2 is 2.00 bits per heavy atom. The summed E-state index contributed by atoms with van der Waals surface area (Å²) < 4.78 is 3.93. The van der Waals surface area contributed by atoms with Gasteiger partial charge in [0.1, 0.15) is 17.7 Å². The van der Waals surface area contributed by atoms with Gasteiger partial charge in [-0.05, 0) is 32.4 Å².